The van der Waals surface area contributed by atoms with Crippen LogP contribution < -0.4 is 24.9 Å². The Hall–Kier alpha value is -5.29. The van der Waals surface area contributed by atoms with Gasteiger partial charge in [0.05, 0.1) is 10.9 Å². The standard InChI is InChI=1S/C37H37N3O7S/c1-24(41)40(47-29-17-13-27(14-18-29)22-33-34(42)38-35(43)48-33)31-20-19-30(23-32(31)39(5)36(44)46-37(2,3)4)45-28-15-11-26(12-16-28)21-25-9-7-6-8-10-25/h6-20,23,33H,21-22H2,1-5H3,(H,38,42,43). The lowest BCUT2D eigenvalue weighted by molar-refractivity contribution is -0.120. The quantitative estimate of drug-likeness (QED) is 0.171. The Labute approximate surface area is 283 Å². The monoisotopic (exact) mass is 667 g/mol. The molecule has 1 atom stereocenters. The van der Waals surface area contributed by atoms with Gasteiger partial charge in [0.1, 0.15) is 22.8 Å². The maximum Gasteiger partial charge on any atom is 0.414 e. The third kappa shape index (κ3) is 8.95. The highest BCUT2D eigenvalue weighted by Gasteiger charge is 2.31. The normalized spacial score (nSPS) is 14.2. The number of hydrogen-bond acceptors (Lipinski definition) is 8. The van der Waals surface area contributed by atoms with E-state index in [1.807, 2.05) is 42.5 Å². The number of hydroxylamine groups is 1. The Balaban J connectivity index is 1.38. The van der Waals surface area contributed by atoms with Crippen molar-refractivity contribution in [2.24, 2.45) is 0 Å². The van der Waals surface area contributed by atoms with Crippen LogP contribution in [-0.2, 0) is 27.2 Å². The molecule has 0 aromatic heterocycles. The number of nitrogens with zero attached hydrogens (tertiary/aromatic N) is 2. The van der Waals surface area contributed by atoms with Crippen molar-refractivity contribution in [1.82, 2.24) is 5.32 Å². The van der Waals surface area contributed by atoms with Crippen LogP contribution in [0, 0.1) is 0 Å². The van der Waals surface area contributed by atoms with E-state index in [0.717, 1.165) is 34.4 Å². The molecule has 1 heterocycles. The smallest absolute Gasteiger partial charge is 0.414 e. The Morgan fingerprint density at radius 1 is 0.792 bits per heavy atom. The lowest BCUT2D eigenvalue weighted by atomic mass is 10.1. The molecule has 4 amide bonds. The number of carbonyl (C=O) groups is 4. The van der Waals surface area contributed by atoms with Gasteiger partial charge < -0.3 is 14.3 Å². The number of amides is 4. The van der Waals surface area contributed by atoms with Gasteiger partial charge in [-0.1, -0.05) is 66.4 Å². The molecular formula is C37H37N3O7S. The van der Waals surface area contributed by atoms with E-state index in [4.69, 9.17) is 14.3 Å². The summed E-state index contributed by atoms with van der Waals surface area (Å²) in [5.41, 5.74) is 2.99. The van der Waals surface area contributed by atoms with E-state index in [2.05, 4.69) is 17.4 Å². The Morgan fingerprint density at radius 2 is 1.40 bits per heavy atom. The first-order valence-electron chi connectivity index (χ1n) is 15.4. The van der Waals surface area contributed by atoms with Crippen molar-refractivity contribution in [3.63, 3.8) is 0 Å². The second-order valence-electron chi connectivity index (χ2n) is 12.2. The summed E-state index contributed by atoms with van der Waals surface area (Å²) in [5, 5.41) is 2.52. The van der Waals surface area contributed by atoms with E-state index in [9.17, 15) is 19.2 Å². The Kier molecular flexibility index (Phi) is 10.4. The average Bonchev–Trinajstić information content (AvgIpc) is 3.36. The van der Waals surface area contributed by atoms with Gasteiger partial charge in [0, 0.05) is 20.0 Å². The summed E-state index contributed by atoms with van der Waals surface area (Å²) in [7, 11) is 1.55. The molecule has 0 spiro atoms. The summed E-state index contributed by atoms with van der Waals surface area (Å²) < 4.78 is 11.8. The molecule has 1 aliphatic rings. The fourth-order valence-corrected chi connectivity index (χ4v) is 5.76. The molecule has 4 aromatic rings. The first-order valence-corrected chi connectivity index (χ1v) is 16.2. The number of rotatable bonds is 10. The highest BCUT2D eigenvalue weighted by atomic mass is 32.2. The third-order valence-electron chi connectivity index (χ3n) is 7.20. The number of anilines is 2. The van der Waals surface area contributed by atoms with Gasteiger partial charge in [-0.3, -0.25) is 24.6 Å². The Morgan fingerprint density at radius 3 is 2.00 bits per heavy atom. The summed E-state index contributed by atoms with van der Waals surface area (Å²) in [4.78, 5) is 57.0. The molecule has 11 heteroatoms. The van der Waals surface area contributed by atoms with Crippen LogP contribution in [0.4, 0.5) is 21.0 Å². The molecule has 1 unspecified atom stereocenters. The first kappa shape index (κ1) is 34.1. The molecule has 4 aromatic carbocycles. The predicted molar refractivity (Wildman–Crippen MR) is 186 cm³/mol. The van der Waals surface area contributed by atoms with Crippen LogP contribution in [0.25, 0.3) is 0 Å². The van der Waals surface area contributed by atoms with Gasteiger partial charge >= 0.3 is 6.09 Å². The lowest BCUT2D eigenvalue weighted by Crippen LogP contribution is -2.37. The van der Waals surface area contributed by atoms with Gasteiger partial charge in [-0.15, -0.1) is 5.06 Å². The molecule has 1 fully saturated rings. The minimum atomic E-state index is -0.759. The molecule has 0 bridgehead atoms. The molecular weight excluding hydrogens is 630 g/mol. The SMILES string of the molecule is CC(=O)N(Oc1ccc(CC2SC(=O)NC2=O)cc1)c1ccc(Oc2ccc(Cc3ccccc3)cc2)cc1N(C)C(=O)OC(C)(C)C. The topological polar surface area (TPSA) is 114 Å². The first-order chi connectivity index (χ1) is 22.8. The van der Waals surface area contributed by atoms with Crippen molar-refractivity contribution in [2.75, 3.05) is 17.0 Å². The third-order valence-corrected chi connectivity index (χ3v) is 8.18. The number of hydrogen-bond donors (Lipinski definition) is 1. The van der Waals surface area contributed by atoms with Crippen molar-refractivity contribution in [3.05, 3.63) is 114 Å². The number of benzene rings is 4. The maximum atomic E-state index is 13.2. The van der Waals surface area contributed by atoms with E-state index < -0.39 is 22.9 Å². The summed E-state index contributed by atoms with van der Waals surface area (Å²) in [6, 6.07) is 29.8. The van der Waals surface area contributed by atoms with Crippen molar-refractivity contribution in [3.8, 4) is 17.2 Å². The minimum absolute atomic E-state index is 0.281. The largest absolute Gasteiger partial charge is 0.457 e. The number of imide groups is 1. The van der Waals surface area contributed by atoms with Crippen molar-refractivity contribution in [1.29, 1.82) is 0 Å². The number of carbonyl (C=O) groups excluding carboxylic acids is 4. The van der Waals surface area contributed by atoms with Gasteiger partial charge in [-0.2, -0.15) is 0 Å². The van der Waals surface area contributed by atoms with Crippen LogP contribution in [0.1, 0.15) is 44.4 Å². The van der Waals surface area contributed by atoms with Gasteiger partial charge in [-0.05, 0) is 86.7 Å². The summed E-state index contributed by atoms with van der Waals surface area (Å²) in [5.74, 6) is 0.610. The van der Waals surface area contributed by atoms with Crippen molar-refractivity contribution < 1.29 is 33.5 Å². The van der Waals surface area contributed by atoms with E-state index in [1.165, 1.54) is 17.4 Å². The van der Waals surface area contributed by atoms with Crippen LogP contribution in [0.3, 0.4) is 0 Å². The molecule has 10 nitrogen and oxygen atoms in total. The van der Waals surface area contributed by atoms with Crippen LogP contribution >= 0.6 is 11.8 Å². The molecule has 0 radical (unpaired) electrons. The average molecular weight is 668 g/mol. The zero-order valence-corrected chi connectivity index (χ0v) is 28.2. The van der Waals surface area contributed by atoms with Gasteiger partial charge in [0.15, 0.2) is 5.75 Å². The molecule has 1 N–H and O–H groups in total. The van der Waals surface area contributed by atoms with E-state index in [0.29, 0.717) is 29.4 Å². The highest BCUT2D eigenvalue weighted by Crippen LogP contribution is 2.36. The maximum absolute atomic E-state index is 13.2. The number of ether oxygens (including phenoxy) is 2. The van der Waals surface area contributed by atoms with Gasteiger partial charge in [0.25, 0.3) is 11.1 Å². The zero-order valence-electron chi connectivity index (χ0n) is 27.4. The molecule has 48 heavy (non-hydrogen) atoms. The molecule has 0 saturated carbocycles. The van der Waals surface area contributed by atoms with Crippen LogP contribution in [0.2, 0.25) is 0 Å². The predicted octanol–water partition coefficient (Wildman–Crippen LogP) is 7.68. The molecule has 248 valence electrons. The van der Waals surface area contributed by atoms with Gasteiger partial charge in [0.2, 0.25) is 5.91 Å². The van der Waals surface area contributed by atoms with Crippen LogP contribution in [0.5, 0.6) is 17.2 Å². The van der Waals surface area contributed by atoms with E-state index >= 15 is 0 Å². The van der Waals surface area contributed by atoms with E-state index in [1.54, 1.807) is 70.3 Å². The lowest BCUT2D eigenvalue weighted by Gasteiger charge is -2.29. The van der Waals surface area contributed by atoms with E-state index in [-0.39, 0.29) is 16.8 Å². The molecule has 1 saturated heterocycles. The number of nitrogens with one attached hydrogen (secondary N) is 1. The molecule has 1 aliphatic heterocycles. The second-order valence-corrected chi connectivity index (χ2v) is 13.4. The van der Waals surface area contributed by atoms with Crippen molar-refractivity contribution >= 4 is 46.3 Å². The molecule has 0 aliphatic carbocycles. The summed E-state index contributed by atoms with van der Waals surface area (Å²) in [6.45, 7) is 6.65. The van der Waals surface area contributed by atoms with Crippen molar-refractivity contribution in [2.45, 2.75) is 51.4 Å². The number of thioether (sulfide) groups is 1. The van der Waals surface area contributed by atoms with Crippen LogP contribution in [-0.4, -0.2) is 41.0 Å². The molecule has 5 rings (SSSR count). The second kappa shape index (κ2) is 14.6. The van der Waals surface area contributed by atoms with Crippen LogP contribution in [0.15, 0.2) is 97.1 Å². The Bertz CT molecular complexity index is 1790. The zero-order chi connectivity index (χ0) is 34.4. The highest BCUT2D eigenvalue weighted by molar-refractivity contribution is 8.15. The fourth-order valence-electron chi connectivity index (χ4n) is 4.90. The van der Waals surface area contributed by atoms with Gasteiger partial charge in [-0.25, -0.2) is 4.79 Å². The fraction of sp³-hybridized carbons (Fsp3) is 0.243. The minimum Gasteiger partial charge on any atom is -0.457 e. The summed E-state index contributed by atoms with van der Waals surface area (Å²) in [6.07, 6.45) is 0.523. The summed E-state index contributed by atoms with van der Waals surface area (Å²) >= 11 is 0.960.